The third-order valence-electron chi connectivity index (χ3n) is 5.87. The van der Waals surface area contributed by atoms with Crippen LogP contribution in [0.5, 0.6) is 5.75 Å². The molecule has 186 valence electrons. The zero-order chi connectivity index (χ0) is 25.3. The van der Waals surface area contributed by atoms with Crippen molar-refractivity contribution in [1.82, 2.24) is 14.9 Å². The number of hydrogen-bond donors (Lipinski definition) is 2. The zero-order valence-corrected chi connectivity index (χ0v) is 21.3. The normalized spacial score (nSPS) is 13.8. The number of rotatable bonds is 7. The first-order valence-electron chi connectivity index (χ1n) is 10.8. The highest BCUT2D eigenvalue weighted by Crippen LogP contribution is 2.34. The summed E-state index contributed by atoms with van der Waals surface area (Å²) in [5.74, 6) is 1.36. The fourth-order valence-electron chi connectivity index (χ4n) is 3.87. The highest BCUT2D eigenvalue weighted by Gasteiger charge is 2.19. The fourth-order valence-corrected chi connectivity index (χ4v) is 4.37. The van der Waals surface area contributed by atoms with E-state index >= 15 is 0 Å². The van der Waals surface area contributed by atoms with Crippen molar-refractivity contribution in [2.45, 2.75) is 19.9 Å². The van der Waals surface area contributed by atoms with Gasteiger partial charge in [-0.05, 0) is 67.4 Å². The predicted molar refractivity (Wildman–Crippen MR) is 136 cm³/mol. The molecule has 0 aliphatic carbocycles. The van der Waals surface area contributed by atoms with Gasteiger partial charge in [-0.15, -0.1) is 0 Å². The molecule has 0 spiro atoms. The van der Waals surface area contributed by atoms with Crippen LogP contribution in [0, 0.1) is 6.92 Å². The van der Waals surface area contributed by atoms with E-state index in [0.717, 1.165) is 32.2 Å². The van der Waals surface area contributed by atoms with Crippen LogP contribution in [0.3, 0.4) is 0 Å². The maximum atomic E-state index is 13.3. The lowest BCUT2D eigenvalue weighted by Crippen LogP contribution is -2.26. The minimum Gasteiger partial charge on any atom is -0.495 e. The molecule has 1 aromatic heterocycles. The number of aryl methyl sites for hydroxylation is 1. The molecular weight excluding hydrogens is 495 g/mol. The first-order valence-corrected chi connectivity index (χ1v) is 12.5. The van der Waals surface area contributed by atoms with Gasteiger partial charge in [-0.1, -0.05) is 15.5 Å². The Labute approximate surface area is 209 Å². The van der Waals surface area contributed by atoms with Crippen LogP contribution in [0.1, 0.15) is 16.7 Å². The summed E-state index contributed by atoms with van der Waals surface area (Å²) < 4.78 is 41.8. The second-order valence-corrected chi connectivity index (χ2v) is 10.1. The Balaban J connectivity index is 1.59. The summed E-state index contributed by atoms with van der Waals surface area (Å²) >= 11 is 6.33. The Morgan fingerprint density at radius 2 is 1.94 bits per heavy atom. The topological polar surface area (TPSA) is 99.7 Å². The highest BCUT2D eigenvalue weighted by atomic mass is 35.5. The Morgan fingerprint density at radius 3 is 2.63 bits per heavy atom. The summed E-state index contributed by atoms with van der Waals surface area (Å²) in [6.07, 6.45) is 2.43. The maximum absolute atomic E-state index is 13.3. The molecule has 0 bridgehead atoms. The summed E-state index contributed by atoms with van der Waals surface area (Å²) in [6, 6.07) is 8.74. The Morgan fingerprint density at radius 1 is 1.17 bits per heavy atom. The number of ether oxygens (including phenoxy) is 1. The van der Waals surface area contributed by atoms with Gasteiger partial charge in [0.05, 0.1) is 24.7 Å². The number of aromatic nitrogens is 2. The summed E-state index contributed by atoms with van der Waals surface area (Å²) in [5, 5.41) is 6.64. The van der Waals surface area contributed by atoms with Crippen LogP contribution < -0.4 is 19.7 Å². The van der Waals surface area contributed by atoms with Gasteiger partial charge in [0.1, 0.15) is 10.8 Å². The lowest BCUT2D eigenvalue weighted by molar-refractivity contribution is 0.312. The molecule has 9 nitrogen and oxygen atoms in total. The van der Waals surface area contributed by atoms with E-state index in [9.17, 15) is 12.3 Å². The summed E-state index contributed by atoms with van der Waals surface area (Å²) in [5.41, 5.74) is 4.70. The Kier molecular flexibility index (Phi) is 7.02. The van der Waals surface area contributed by atoms with E-state index in [0.29, 0.717) is 38.1 Å². The van der Waals surface area contributed by atoms with Gasteiger partial charge in [0, 0.05) is 25.8 Å². The summed E-state index contributed by atoms with van der Waals surface area (Å²) in [4.78, 5) is 11.1. The number of fused-ring (bicyclic) bond motifs is 1. The zero-order valence-electron chi connectivity index (χ0n) is 19.8. The number of halogens is 2. The minimum atomic E-state index is -4.85. The van der Waals surface area contributed by atoms with Gasteiger partial charge in [0.2, 0.25) is 5.95 Å². The van der Waals surface area contributed by atoms with Crippen molar-refractivity contribution < 1.29 is 17.0 Å². The molecule has 1 aliphatic rings. The quantitative estimate of drug-likeness (QED) is 0.437. The van der Waals surface area contributed by atoms with Crippen LogP contribution in [-0.4, -0.2) is 51.0 Å². The van der Waals surface area contributed by atoms with Crippen molar-refractivity contribution in [3.63, 3.8) is 0 Å². The lowest BCUT2D eigenvalue weighted by Gasteiger charge is -2.26. The SMILES string of the molecule is COc1cc2c(cc1Nc1ncc(Cl)c(Nc3ccc(N(C)S(=O)(=O)F)cc3C)n1)CN(C)CC2. The van der Waals surface area contributed by atoms with Crippen molar-refractivity contribution in [3.8, 4) is 5.75 Å². The lowest BCUT2D eigenvalue weighted by atomic mass is 9.99. The van der Waals surface area contributed by atoms with Crippen molar-refractivity contribution >= 4 is 50.8 Å². The molecule has 3 aromatic rings. The molecule has 12 heteroatoms. The molecule has 2 heterocycles. The maximum Gasteiger partial charge on any atom is 0.399 e. The predicted octanol–water partition coefficient (Wildman–Crippen LogP) is 4.57. The van der Waals surface area contributed by atoms with Crippen LogP contribution in [-0.2, 0) is 23.4 Å². The third kappa shape index (κ3) is 5.58. The van der Waals surface area contributed by atoms with E-state index in [1.807, 2.05) is 12.1 Å². The van der Waals surface area contributed by atoms with Crippen molar-refractivity contribution in [2.24, 2.45) is 0 Å². The van der Waals surface area contributed by atoms with E-state index in [1.165, 1.54) is 23.4 Å². The van der Waals surface area contributed by atoms with Crippen LogP contribution in [0.4, 0.5) is 32.7 Å². The van der Waals surface area contributed by atoms with Crippen molar-refractivity contribution in [2.75, 3.05) is 42.7 Å². The van der Waals surface area contributed by atoms with Gasteiger partial charge >= 0.3 is 10.4 Å². The van der Waals surface area contributed by atoms with Crippen LogP contribution in [0.2, 0.25) is 5.02 Å². The number of nitrogens with zero attached hydrogens (tertiary/aromatic N) is 4. The van der Waals surface area contributed by atoms with Gasteiger partial charge in [-0.3, -0.25) is 0 Å². The second-order valence-electron chi connectivity index (χ2n) is 8.36. The van der Waals surface area contributed by atoms with Crippen molar-refractivity contribution in [3.05, 3.63) is 58.2 Å². The standard InChI is InChI=1S/C23H26ClFN6O3S/c1-14-9-17(31(3)35(25,32)33)5-6-19(14)27-22-18(24)12-26-23(29-22)28-20-10-16-13-30(2)8-7-15(16)11-21(20)34-4/h5-6,9-12H,7-8,13H2,1-4H3,(H2,26,27,28,29). The monoisotopic (exact) mass is 520 g/mol. The third-order valence-corrected chi connectivity index (χ3v) is 7.01. The average Bonchev–Trinajstić information content (AvgIpc) is 2.80. The molecule has 0 atom stereocenters. The van der Waals surface area contributed by atoms with Crippen LogP contribution in [0.25, 0.3) is 0 Å². The molecule has 0 saturated carbocycles. The molecule has 0 fully saturated rings. The summed E-state index contributed by atoms with van der Waals surface area (Å²) in [7, 11) is -0.00141. The van der Waals surface area contributed by atoms with E-state index in [2.05, 4.69) is 32.5 Å². The molecule has 35 heavy (non-hydrogen) atoms. The van der Waals surface area contributed by atoms with Gasteiger partial charge in [0.25, 0.3) is 0 Å². The number of hydrogen-bond acceptors (Lipinski definition) is 8. The van der Waals surface area contributed by atoms with E-state index < -0.39 is 10.4 Å². The molecule has 2 N–H and O–H groups in total. The second kappa shape index (κ2) is 9.84. The molecular formula is C23H26ClFN6O3S. The first-order chi connectivity index (χ1) is 16.5. The van der Waals surface area contributed by atoms with Gasteiger partial charge < -0.3 is 20.3 Å². The summed E-state index contributed by atoms with van der Waals surface area (Å²) in [6.45, 7) is 3.60. The number of anilines is 5. The number of methoxy groups -OCH3 is 1. The van der Waals surface area contributed by atoms with E-state index in [4.69, 9.17) is 16.3 Å². The number of nitrogens with one attached hydrogen (secondary N) is 2. The van der Waals surface area contributed by atoms with Gasteiger partial charge in [-0.25, -0.2) is 9.29 Å². The van der Waals surface area contributed by atoms with Gasteiger partial charge in [0.15, 0.2) is 5.82 Å². The first kappa shape index (κ1) is 25.0. The fraction of sp³-hybridized carbons (Fsp3) is 0.304. The average molecular weight is 521 g/mol. The van der Waals surface area contributed by atoms with Crippen LogP contribution >= 0.6 is 11.6 Å². The molecule has 0 amide bonds. The molecule has 0 saturated heterocycles. The molecule has 1 aliphatic heterocycles. The number of benzene rings is 2. The molecule has 0 radical (unpaired) electrons. The van der Waals surface area contributed by atoms with Crippen LogP contribution in [0.15, 0.2) is 36.5 Å². The highest BCUT2D eigenvalue weighted by molar-refractivity contribution is 7.87. The molecule has 2 aromatic carbocycles. The van der Waals surface area contributed by atoms with E-state index in [1.54, 1.807) is 26.2 Å². The van der Waals surface area contributed by atoms with E-state index in [-0.39, 0.29) is 5.69 Å². The Bertz CT molecular complexity index is 1370. The molecule has 4 rings (SSSR count). The van der Waals surface area contributed by atoms with Gasteiger partial charge in [-0.2, -0.15) is 13.4 Å². The largest absolute Gasteiger partial charge is 0.495 e. The smallest absolute Gasteiger partial charge is 0.399 e. The van der Waals surface area contributed by atoms with Crippen molar-refractivity contribution in [1.29, 1.82) is 0 Å². The molecule has 0 unspecified atom stereocenters. The minimum absolute atomic E-state index is 0.192. The number of likely N-dealkylation sites (N-methyl/N-ethyl adjacent to an activating group) is 1. The Hall–Kier alpha value is -3.15.